The molecule has 0 aromatic carbocycles. The molecule has 0 bridgehead atoms. The van der Waals surface area contributed by atoms with Crippen LogP contribution in [0.5, 0.6) is 0 Å². The Balaban J connectivity index is 2.28. The van der Waals surface area contributed by atoms with Gasteiger partial charge in [-0.15, -0.1) is 0 Å². The van der Waals surface area contributed by atoms with Crippen molar-refractivity contribution in [2.45, 2.75) is 24.5 Å². The lowest BCUT2D eigenvalue weighted by atomic mass is 10.1. The molecule has 12 heteroatoms. The summed E-state index contributed by atoms with van der Waals surface area (Å²) in [5.74, 6) is 4.95. The maximum absolute atomic E-state index is 11.7. The highest BCUT2D eigenvalue weighted by Gasteiger charge is 2.46. The van der Waals surface area contributed by atoms with Gasteiger partial charge in [-0.1, -0.05) is 0 Å². The fourth-order valence-electron chi connectivity index (χ4n) is 2.06. The van der Waals surface area contributed by atoms with Gasteiger partial charge in [0.15, 0.2) is 6.23 Å². The largest absolute Gasteiger partial charge is 0.386 e. The summed E-state index contributed by atoms with van der Waals surface area (Å²) in [6.45, 7) is -0.204. The highest BCUT2D eigenvalue weighted by atomic mass is 31.1. The molecule has 21 heavy (non-hydrogen) atoms. The molecule has 1 aromatic heterocycles. The van der Waals surface area contributed by atoms with Crippen LogP contribution >= 0.6 is 8.25 Å². The first-order valence-corrected chi connectivity index (χ1v) is 7.10. The van der Waals surface area contributed by atoms with Crippen LogP contribution in [0.2, 0.25) is 0 Å². The lowest BCUT2D eigenvalue weighted by molar-refractivity contribution is -0.0677. The van der Waals surface area contributed by atoms with Crippen LogP contribution in [0.3, 0.4) is 0 Å². The Bertz CT molecular complexity index is 581. The van der Waals surface area contributed by atoms with E-state index in [2.05, 4.69) is 9.82 Å². The molecule has 0 amide bonds. The van der Waals surface area contributed by atoms with Crippen molar-refractivity contribution in [3.8, 4) is 0 Å². The number of nitrogens with two attached hydrogens (primary N) is 2. The third-order valence-corrected chi connectivity index (χ3v) is 3.41. The number of ether oxygens (including phenoxy) is 1. The smallest absolute Gasteiger partial charge is 0.351 e. The summed E-state index contributed by atoms with van der Waals surface area (Å²) in [7, 11) is -3.33. The standard InChI is InChI=1S/C9H15N4O7P/c10-5-1-2-13(9(15)12-5)8-6(14)7(20-21(16)17)4(19-8)3-18-11/h1-2,4,6-8,14,21H,3,11H2,(H,16,17)(H2,10,12,15)/t4-,6-,7-,8-/m1/s1. The highest BCUT2D eigenvalue weighted by Crippen LogP contribution is 2.35. The Kier molecular flexibility index (Phi) is 5.06. The summed E-state index contributed by atoms with van der Waals surface area (Å²) in [4.78, 5) is 28.5. The fraction of sp³-hybridized carbons (Fsp3) is 0.556. The Hall–Kier alpha value is -1.33. The summed E-state index contributed by atoms with van der Waals surface area (Å²) >= 11 is 0. The van der Waals surface area contributed by atoms with Crippen LogP contribution in [0, 0.1) is 0 Å². The number of aromatic nitrogens is 2. The summed E-state index contributed by atoms with van der Waals surface area (Å²) in [6.07, 6.45) is -3.39. The third-order valence-electron chi connectivity index (χ3n) is 2.93. The predicted molar refractivity (Wildman–Crippen MR) is 69.1 cm³/mol. The second kappa shape index (κ2) is 6.62. The Morgan fingerprint density at radius 1 is 1.57 bits per heavy atom. The third kappa shape index (κ3) is 3.47. The van der Waals surface area contributed by atoms with Gasteiger partial charge in [0, 0.05) is 6.20 Å². The van der Waals surface area contributed by atoms with Crippen LogP contribution in [0.1, 0.15) is 6.23 Å². The van der Waals surface area contributed by atoms with Gasteiger partial charge < -0.3 is 29.8 Å². The Morgan fingerprint density at radius 2 is 2.29 bits per heavy atom. The maximum atomic E-state index is 11.7. The normalized spacial score (nSPS) is 30.4. The van der Waals surface area contributed by atoms with E-state index in [1.54, 1.807) is 0 Å². The van der Waals surface area contributed by atoms with Gasteiger partial charge >= 0.3 is 13.9 Å². The van der Waals surface area contributed by atoms with E-state index >= 15 is 0 Å². The van der Waals surface area contributed by atoms with Crippen molar-refractivity contribution in [3.63, 3.8) is 0 Å². The van der Waals surface area contributed by atoms with Crippen molar-refractivity contribution >= 4 is 14.1 Å². The number of aliphatic hydroxyl groups is 1. The number of aliphatic hydroxyl groups excluding tert-OH is 1. The van der Waals surface area contributed by atoms with Gasteiger partial charge in [0.05, 0.1) is 6.61 Å². The van der Waals surface area contributed by atoms with Crippen LogP contribution in [0.15, 0.2) is 17.1 Å². The molecule has 0 spiro atoms. The molecule has 1 aliphatic rings. The molecule has 1 aromatic rings. The molecule has 5 atom stereocenters. The van der Waals surface area contributed by atoms with Gasteiger partial charge in [-0.05, 0) is 6.07 Å². The minimum Gasteiger partial charge on any atom is -0.386 e. The first-order chi connectivity index (χ1) is 9.93. The first-order valence-electron chi connectivity index (χ1n) is 5.83. The zero-order chi connectivity index (χ0) is 15.6. The molecule has 1 saturated heterocycles. The first kappa shape index (κ1) is 16.0. The zero-order valence-corrected chi connectivity index (χ0v) is 11.7. The van der Waals surface area contributed by atoms with E-state index in [0.717, 1.165) is 4.57 Å². The van der Waals surface area contributed by atoms with Crippen LogP contribution in [-0.2, 0) is 18.7 Å². The van der Waals surface area contributed by atoms with Gasteiger partial charge in [-0.25, -0.2) is 10.7 Å². The molecule has 1 aliphatic heterocycles. The van der Waals surface area contributed by atoms with E-state index in [1.807, 2.05) is 0 Å². The van der Waals surface area contributed by atoms with Gasteiger partial charge in [0.25, 0.3) is 0 Å². The molecule has 1 fully saturated rings. The second-order valence-corrected chi connectivity index (χ2v) is 5.05. The van der Waals surface area contributed by atoms with Crippen molar-refractivity contribution in [2.75, 3.05) is 12.3 Å². The molecule has 0 saturated carbocycles. The van der Waals surface area contributed by atoms with E-state index in [1.165, 1.54) is 12.3 Å². The highest BCUT2D eigenvalue weighted by molar-refractivity contribution is 7.32. The maximum Gasteiger partial charge on any atom is 0.351 e. The SMILES string of the molecule is NOC[C@H]1O[C@@H](n2ccc(N)nc2=O)[C@H](O)[C@@H]1O[PH](=O)O. The van der Waals surface area contributed by atoms with Gasteiger partial charge in [0.2, 0.25) is 0 Å². The van der Waals surface area contributed by atoms with Gasteiger partial charge in [-0.3, -0.25) is 9.13 Å². The molecule has 2 rings (SSSR count). The fourth-order valence-corrected chi connectivity index (χ4v) is 2.58. The molecule has 1 unspecified atom stereocenters. The molecule has 2 heterocycles. The Morgan fingerprint density at radius 3 is 2.86 bits per heavy atom. The van der Waals surface area contributed by atoms with Gasteiger partial charge in [0.1, 0.15) is 24.1 Å². The summed E-state index contributed by atoms with van der Waals surface area (Å²) in [5, 5.41) is 10.1. The number of nitrogen functional groups attached to an aromatic ring is 1. The molecule has 6 N–H and O–H groups in total. The van der Waals surface area contributed by atoms with Crippen molar-refractivity contribution in [1.82, 2.24) is 9.55 Å². The second-order valence-electron chi connectivity index (χ2n) is 4.28. The number of rotatable bonds is 5. The van der Waals surface area contributed by atoms with E-state index < -0.39 is 38.5 Å². The number of hydrogen-bond acceptors (Lipinski definition) is 9. The minimum atomic E-state index is -3.33. The lowest BCUT2D eigenvalue weighted by Crippen LogP contribution is -2.37. The van der Waals surface area contributed by atoms with Crippen molar-refractivity contribution in [2.24, 2.45) is 5.90 Å². The van der Waals surface area contributed by atoms with Crippen LogP contribution < -0.4 is 17.3 Å². The average molecular weight is 322 g/mol. The Labute approximate surface area is 119 Å². The average Bonchev–Trinajstić information content (AvgIpc) is 2.68. The summed E-state index contributed by atoms with van der Waals surface area (Å²) in [6, 6.07) is 1.34. The van der Waals surface area contributed by atoms with E-state index in [9.17, 15) is 14.5 Å². The molecular formula is C9H15N4O7P. The minimum absolute atomic E-state index is 0.0128. The molecule has 0 aliphatic carbocycles. The van der Waals surface area contributed by atoms with Crippen LogP contribution in [0.25, 0.3) is 0 Å². The summed E-state index contributed by atoms with van der Waals surface area (Å²) < 4.78 is 22.0. The predicted octanol–water partition coefficient (Wildman–Crippen LogP) is -2.26. The topological polar surface area (TPSA) is 172 Å². The molecule has 118 valence electrons. The summed E-state index contributed by atoms with van der Waals surface area (Å²) in [5.41, 5.74) is 4.62. The van der Waals surface area contributed by atoms with E-state index in [0.29, 0.717) is 0 Å². The van der Waals surface area contributed by atoms with Crippen molar-refractivity contribution in [3.05, 3.63) is 22.7 Å². The number of nitrogens with zero attached hydrogens (tertiary/aromatic N) is 2. The monoisotopic (exact) mass is 322 g/mol. The number of anilines is 1. The lowest BCUT2D eigenvalue weighted by Gasteiger charge is -2.18. The van der Waals surface area contributed by atoms with E-state index in [-0.39, 0.29) is 12.4 Å². The molecule has 11 nitrogen and oxygen atoms in total. The quantitative estimate of drug-likeness (QED) is 0.342. The zero-order valence-electron chi connectivity index (χ0n) is 10.7. The molecular weight excluding hydrogens is 307 g/mol. The van der Waals surface area contributed by atoms with E-state index in [4.69, 9.17) is 25.8 Å². The van der Waals surface area contributed by atoms with Crippen LogP contribution in [-0.4, -0.2) is 44.5 Å². The van der Waals surface area contributed by atoms with Crippen molar-refractivity contribution < 1.29 is 28.7 Å². The number of hydrogen-bond donors (Lipinski definition) is 4. The van der Waals surface area contributed by atoms with Gasteiger partial charge in [-0.2, -0.15) is 4.98 Å². The molecule has 0 radical (unpaired) electrons. The van der Waals surface area contributed by atoms with Crippen molar-refractivity contribution in [1.29, 1.82) is 0 Å². The van der Waals surface area contributed by atoms with Crippen LogP contribution in [0.4, 0.5) is 5.82 Å².